The van der Waals surface area contributed by atoms with Gasteiger partial charge in [0.15, 0.2) is 5.78 Å². The van der Waals surface area contributed by atoms with Gasteiger partial charge in [-0.3, -0.25) is 9.78 Å². The van der Waals surface area contributed by atoms with Crippen LogP contribution in [0.15, 0.2) is 18.5 Å². The first kappa shape index (κ1) is 10.7. The number of nitrogens with zero attached hydrogens (tertiary/aromatic N) is 1. The molecule has 14 heavy (non-hydrogen) atoms. The minimum atomic E-state index is -0.0953. The number of nitrogen functional groups attached to an aromatic ring is 1. The van der Waals surface area contributed by atoms with Gasteiger partial charge in [0.05, 0.1) is 5.56 Å². The first-order valence-electron chi connectivity index (χ1n) is 4.63. The average molecular weight is 193 g/mol. The molecule has 0 bridgehead atoms. The summed E-state index contributed by atoms with van der Waals surface area (Å²) in [5.41, 5.74) is 12.3. The second-order valence-corrected chi connectivity index (χ2v) is 3.26. The predicted molar refractivity (Wildman–Crippen MR) is 55.9 cm³/mol. The fraction of sp³-hybridized carbons (Fsp3) is 0.400. The third-order valence-electron chi connectivity index (χ3n) is 2.13. The number of Topliss-reactive ketones (excluding diaryl/α,β-unsaturated/α-hetero) is 1. The maximum atomic E-state index is 11.6. The molecule has 1 aromatic heterocycles. The Morgan fingerprint density at radius 1 is 1.64 bits per heavy atom. The lowest BCUT2D eigenvalue weighted by atomic mass is 10.0. The molecule has 0 aliphatic carbocycles. The van der Waals surface area contributed by atoms with Crippen LogP contribution in [0.2, 0.25) is 0 Å². The molecule has 4 N–H and O–H groups in total. The van der Waals surface area contributed by atoms with E-state index < -0.39 is 0 Å². The Kier molecular flexibility index (Phi) is 3.59. The molecule has 76 valence electrons. The van der Waals surface area contributed by atoms with Gasteiger partial charge in [0.2, 0.25) is 0 Å². The molecule has 1 rings (SSSR count). The van der Waals surface area contributed by atoms with E-state index in [0.717, 1.165) is 6.42 Å². The van der Waals surface area contributed by atoms with Crippen molar-refractivity contribution in [3.05, 3.63) is 24.0 Å². The van der Waals surface area contributed by atoms with Crippen LogP contribution in [0, 0.1) is 0 Å². The molecule has 0 fully saturated rings. The molecule has 0 aliphatic heterocycles. The summed E-state index contributed by atoms with van der Waals surface area (Å²) in [6.45, 7) is 1.95. The molecule has 0 amide bonds. The molecule has 0 aliphatic rings. The molecule has 0 radical (unpaired) electrons. The van der Waals surface area contributed by atoms with Gasteiger partial charge in [0.25, 0.3) is 0 Å². The summed E-state index contributed by atoms with van der Waals surface area (Å²) in [4.78, 5) is 15.5. The third-order valence-corrected chi connectivity index (χ3v) is 2.13. The Hall–Kier alpha value is -1.42. The number of hydrogen-bond acceptors (Lipinski definition) is 4. The Balaban J connectivity index is 2.75. The highest BCUT2D eigenvalue weighted by atomic mass is 16.1. The topological polar surface area (TPSA) is 82.0 Å². The first-order valence-corrected chi connectivity index (χ1v) is 4.63. The van der Waals surface area contributed by atoms with Crippen LogP contribution in [-0.2, 0) is 0 Å². The SMILES string of the molecule is CCC(N)CC(=O)c1cnccc1N. The van der Waals surface area contributed by atoms with E-state index >= 15 is 0 Å². The van der Waals surface area contributed by atoms with Gasteiger partial charge in [-0.2, -0.15) is 0 Å². The molecule has 0 saturated heterocycles. The van der Waals surface area contributed by atoms with Crippen molar-refractivity contribution >= 4 is 11.5 Å². The van der Waals surface area contributed by atoms with Crippen LogP contribution in [0.1, 0.15) is 30.1 Å². The summed E-state index contributed by atoms with van der Waals surface area (Å²) < 4.78 is 0. The number of pyridine rings is 1. The van der Waals surface area contributed by atoms with Crippen LogP contribution in [0.3, 0.4) is 0 Å². The number of anilines is 1. The van der Waals surface area contributed by atoms with Gasteiger partial charge in [-0.1, -0.05) is 6.92 Å². The van der Waals surface area contributed by atoms with Crippen LogP contribution in [0.25, 0.3) is 0 Å². The lowest BCUT2D eigenvalue weighted by Crippen LogP contribution is -2.23. The van der Waals surface area contributed by atoms with E-state index in [9.17, 15) is 4.79 Å². The van der Waals surface area contributed by atoms with Crippen molar-refractivity contribution in [1.29, 1.82) is 0 Å². The minimum absolute atomic E-state index is 0.0371. The van der Waals surface area contributed by atoms with Gasteiger partial charge in [0, 0.05) is 30.5 Å². The Morgan fingerprint density at radius 3 is 2.93 bits per heavy atom. The molecule has 1 heterocycles. The van der Waals surface area contributed by atoms with Gasteiger partial charge in [0.1, 0.15) is 0 Å². The summed E-state index contributed by atoms with van der Waals surface area (Å²) in [5, 5.41) is 0. The summed E-state index contributed by atoms with van der Waals surface area (Å²) in [6.07, 6.45) is 4.16. The number of carbonyl (C=O) groups is 1. The highest BCUT2D eigenvalue weighted by Gasteiger charge is 2.12. The molecule has 4 heteroatoms. The summed E-state index contributed by atoms with van der Waals surface area (Å²) in [7, 11) is 0. The van der Waals surface area contributed by atoms with Crippen molar-refractivity contribution in [2.75, 3.05) is 5.73 Å². The Bertz CT molecular complexity index is 325. The van der Waals surface area contributed by atoms with Crippen LogP contribution in [-0.4, -0.2) is 16.8 Å². The van der Waals surface area contributed by atoms with Gasteiger partial charge in [-0.25, -0.2) is 0 Å². The van der Waals surface area contributed by atoms with E-state index in [4.69, 9.17) is 11.5 Å². The van der Waals surface area contributed by atoms with Crippen molar-refractivity contribution in [2.45, 2.75) is 25.8 Å². The monoisotopic (exact) mass is 193 g/mol. The minimum Gasteiger partial charge on any atom is -0.398 e. The van der Waals surface area contributed by atoms with Crippen LogP contribution in [0.5, 0.6) is 0 Å². The molecule has 0 saturated carbocycles. The van der Waals surface area contributed by atoms with Gasteiger partial charge in [-0.15, -0.1) is 0 Å². The quantitative estimate of drug-likeness (QED) is 0.698. The zero-order chi connectivity index (χ0) is 10.6. The summed E-state index contributed by atoms with van der Waals surface area (Å²) >= 11 is 0. The Morgan fingerprint density at radius 2 is 2.36 bits per heavy atom. The maximum absolute atomic E-state index is 11.6. The fourth-order valence-electron chi connectivity index (χ4n) is 1.13. The molecular weight excluding hydrogens is 178 g/mol. The zero-order valence-corrected chi connectivity index (χ0v) is 8.23. The van der Waals surface area contributed by atoms with Crippen LogP contribution < -0.4 is 11.5 Å². The second kappa shape index (κ2) is 4.72. The molecule has 4 nitrogen and oxygen atoms in total. The zero-order valence-electron chi connectivity index (χ0n) is 8.23. The smallest absolute Gasteiger partial charge is 0.168 e. The standard InChI is InChI=1S/C10H15N3O/c1-2-7(11)5-10(14)8-6-13-4-3-9(8)12/h3-4,6-7H,2,5,11H2,1H3,(H2,12,13). The number of rotatable bonds is 4. The highest BCUT2D eigenvalue weighted by molar-refractivity contribution is 6.00. The molecule has 1 atom stereocenters. The van der Waals surface area contributed by atoms with Crippen molar-refractivity contribution < 1.29 is 4.79 Å². The van der Waals surface area contributed by atoms with Crippen molar-refractivity contribution in [1.82, 2.24) is 4.98 Å². The number of nitrogens with two attached hydrogens (primary N) is 2. The summed E-state index contributed by atoms with van der Waals surface area (Å²) in [5.74, 6) is -0.0371. The lowest BCUT2D eigenvalue weighted by molar-refractivity contribution is 0.0974. The maximum Gasteiger partial charge on any atom is 0.168 e. The van der Waals surface area contributed by atoms with Gasteiger partial charge >= 0.3 is 0 Å². The lowest BCUT2D eigenvalue weighted by Gasteiger charge is -2.08. The third kappa shape index (κ3) is 2.53. The number of aromatic nitrogens is 1. The molecule has 1 aromatic rings. The highest BCUT2D eigenvalue weighted by Crippen LogP contribution is 2.12. The van der Waals surface area contributed by atoms with E-state index in [1.165, 1.54) is 6.20 Å². The van der Waals surface area contributed by atoms with Gasteiger partial charge < -0.3 is 11.5 Å². The van der Waals surface area contributed by atoms with E-state index in [2.05, 4.69) is 4.98 Å². The number of ketones is 1. The van der Waals surface area contributed by atoms with Crippen molar-refractivity contribution in [3.63, 3.8) is 0 Å². The van der Waals surface area contributed by atoms with E-state index in [1.54, 1.807) is 12.3 Å². The summed E-state index contributed by atoms with van der Waals surface area (Å²) in [6, 6.07) is 1.52. The van der Waals surface area contributed by atoms with E-state index in [1.807, 2.05) is 6.92 Å². The first-order chi connectivity index (χ1) is 6.65. The van der Waals surface area contributed by atoms with Crippen LogP contribution in [0.4, 0.5) is 5.69 Å². The fourth-order valence-corrected chi connectivity index (χ4v) is 1.13. The molecule has 0 aromatic carbocycles. The second-order valence-electron chi connectivity index (χ2n) is 3.26. The van der Waals surface area contributed by atoms with E-state index in [0.29, 0.717) is 17.7 Å². The largest absolute Gasteiger partial charge is 0.398 e. The van der Waals surface area contributed by atoms with E-state index in [-0.39, 0.29) is 11.8 Å². The molecular formula is C10H15N3O. The van der Waals surface area contributed by atoms with Gasteiger partial charge in [-0.05, 0) is 12.5 Å². The molecule has 0 spiro atoms. The molecule has 1 unspecified atom stereocenters. The normalized spacial score (nSPS) is 12.4. The predicted octanol–water partition coefficient (Wildman–Crippen LogP) is 0.974. The average Bonchev–Trinajstić information content (AvgIpc) is 2.18. The van der Waals surface area contributed by atoms with Crippen molar-refractivity contribution in [3.8, 4) is 0 Å². The number of hydrogen-bond donors (Lipinski definition) is 2. The van der Waals surface area contributed by atoms with Crippen LogP contribution >= 0.6 is 0 Å². The Labute approximate surface area is 83.3 Å². The van der Waals surface area contributed by atoms with Crippen molar-refractivity contribution in [2.24, 2.45) is 5.73 Å². The number of carbonyl (C=O) groups excluding carboxylic acids is 1.